The summed E-state index contributed by atoms with van der Waals surface area (Å²) < 4.78 is 1.79. The summed E-state index contributed by atoms with van der Waals surface area (Å²) in [5.41, 5.74) is 6.53. The van der Waals surface area contributed by atoms with Crippen LogP contribution in [-0.4, -0.2) is 21.3 Å². The van der Waals surface area contributed by atoms with E-state index in [2.05, 4.69) is 10.1 Å². The summed E-state index contributed by atoms with van der Waals surface area (Å²) in [5, 5.41) is 4.35. The first-order valence-corrected chi connectivity index (χ1v) is 4.96. The second-order valence-electron chi connectivity index (χ2n) is 3.38. The highest BCUT2D eigenvalue weighted by atomic mass is 15.3. The fraction of sp³-hybridized carbons (Fsp3) is 0.273. The molecule has 0 radical (unpaired) electrons. The van der Waals surface area contributed by atoms with E-state index < -0.39 is 0 Å². The number of aryl methyl sites for hydroxylation is 1. The van der Waals surface area contributed by atoms with Crippen molar-refractivity contribution in [1.29, 1.82) is 0 Å². The van der Waals surface area contributed by atoms with Crippen molar-refractivity contribution < 1.29 is 0 Å². The smallest absolute Gasteiger partial charge is 0.181 e. The van der Waals surface area contributed by atoms with Crippen LogP contribution in [0.2, 0.25) is 0 Å². The molecule has 4 heteroatoms. The lowest BCUT2D eigenvalue weighted by molar-refractivity contribution is 0.697. The van der Waals surface area contributed by atoms with Crippen LogP contribution in [0.5, 0.6) is 0 Å². The SMILES string of the molecule is Cn1nc(-c2ccccc2)nc1CCN. The lowest BCUT2D eigenvalue weighted by Gasteiger charge is -1.93. The molecule has 2 rings (SSSR count). The Balaban J connectivity index is 2.34. The predicted molar refractivity (Wildman–Crippen MR) is 59.2 cm³/mol. The molecule has 0 unspecified atom stereocenters. The lowest BCUT2D eigenvalue weighted by atomic mass is 10.2. The van der Waals surface area contributed by atoms with Crippen molar-refractivity contribution in [2.45, 2.75) is 6.42 Å². The molecule has 2 N–H and O–H groups in total. The normalized spacial score (nSPS) is 10.5. The van der Waals surface area contributed by atoms with E-state index in [0.717, 1.165) is 23.6 Å². The third-order valence-electron chi connectivity index (χ3n) is 2.25. The van der Waals surface area contributed by atoms with E-state index in [1.165, 1.54) is 0 Å². The Labute approximate surface area is 88.8 Å². The topological polar surface area (TPSA) is 56.7 Å². The first-order chi connectivity index (χ1) is 7.31. The monoisotopic (exact) mass is 202 g/mol. The molecule has 0 atom stereocenters. The van der Waals surface area contributed by atoms with Crippen molar-refractivity contribution >= 4 is 0 Å². The van der Waals surface area contributed by atoms with Gasteiger partial charge in [-0.15, -0.1) is 0 Å². The van der Waals surface area contributed by atoms with E-state index in [0.29, 0.717) is 6.54 Å². The third-order valence-corrected chi connectivity index (χ3v) is 2.25. The summed E-state index contributed by atoms with van der Waals surface area (Å²) in [6, 6.07) is 9.94. The zero-order valence-corrected chi connectivity index (χ0v) is 8.72. The van der Waals surface area contributed by atoms with Crippen LogP contribution in [0.1, 0.15) is 5.82 Å². The molecule has 78 valence electrons. The Morgan fingerprint density at radius 3 is 2.67 bits per heavy atom. The largest absolute Gasteiger partial charge is 0.330 e. The fourth-order valence-electron chi connectivity index (χ4n) is 1.47. The van der Waals surface area contributed by atoms with E-state index in [1.54, 1.807) is 4.68 Å². The number of aromatic nitrogens is 3. The molecule has 1 aromatic heterocycles. The fourth-order valence-corrected chi connectivity index (χ4v) is 1.47. The highest BCUT2D eigenvalue weighted by molar-refractivity contribution is 5.53. The summed E-state index contributed by atoms with van der Waals surface area (Å²) in [7, 11) is 1.89. The van der Waals surface area contributed by atoms with Gasteiger partial charge in [-0.3, -0.25) is 4.68 Å². The first-order valence-electron chi connectivity index (χ1n) is 4.96. The summed E-state index contributed by atoms with van der Waals surface area (Å²) in [6.45, 7) is 0.598. The van der Waals surface area contributed by atoms with Gasteiger partial charge >= 0.3 is 0 Å². The molecule has 0 aliphatic rings. The maximum Gasteiger partial charge on any atom is 0.181 e. The Morgan fingerprint density at radius 1 is 1.27 bits per heavy atom. The molecule has 0 spiro atoms. The molecule has 15 heavy (non-hydrogen) atoms. The molecular weight excluding hydrogens is 188 g/mol. The van der Waals surface area contributed by atoms with Crippen LogP contribution in [0, 0.1) is 0 Å². The number of rotatable bonds is 3. The van der Waals surface area contributed by atoms with E-state index in [9.17, 15) is 0 Å². The van der Waals surface area contributed by atoms with Crippen LogP contribution in [0.25, 0.3) is 11.4 Å². The molecule has 2 aromatic rings. The van der Waals surface area contributed by atoms with Crippen LogP contribution >= 0.6 is 0 Å². The molecular formula is C11H14N4. The highest BCUT2D eigenvalue weighted by Crippen LogP contribution is 2.14. The molecule has 0 bridgehead atoms. The molecule has 1 aromatic carbocycles. The van der Waals surface area contributed by atoms with Gasteiger partial charge in [0.05, 0.1) is 0 Å². The average molecular weight is 202 g/mol. The number of hydrogen-bond donors (Lipinski definition) is 1. The Hall–Kier alpha value is -1.68. The Bertz CT molecular complexity index is 433. The quantitative estimate of drug-likeness (QED) is 0.807. The van der Waals surface area contributed by atoms with Crippen LogP contribution < -0.4 is 5.73 Å². The zero-order valence-electron chi connectivity index (χ0n) is 8.72. The number of nitrogens with zero attached hydrogens (tertiary/aromatic N) is 3. The van der Waals surface area contributed by atoms with Gasteiger partial charge < -0.3 is 5.73 Å². The second kappa shape index (κ2) is 4.23. The van der Waals surface area contributed by atoms with Crippen molar-refractivity contribution in [3.05, 3.63) is 36.2 Å². The number of benzene rings is 1. The first kappa shape index (κ1) is 9.86. The zero-order chi connectivity index (χ0) is 10.7. The van der Waals surface area contributed by atoms with Crippen molar-refractivity contribution in [3.63, 3.8) is 0 Å². The second-order valence-corrected chi connectivity index (χ2v) is 3.38. The van der Waals surface area contributed by atoms with Gasteiger partial charge in [0.1, 0.15) is 5.82 Å². The summed E-state index contributed by atoms with van der Waals surface area (Å²) in [4.78, 5) is 4.44. The summed E-state index contributed by atoms with van der Waals surface area (Å²) in [5.74, 6) is 1.69. The van der Waals surface area contributed by atoms with Gasteiger partial charge in [-0.25, -0.2) is 4.98 Å². The molecule has 0 saturated carbocycles. The van der Waals surface area contributed by atoms with Crippen LogP contribution in [0.4, 0.5) is 0 Å². The van der Waals surface area contributed by atoms with Crippen molar-refractivity contribution in [2.24, 2.45) is 12.8 Å². The van der Waals surface area contributed by atoms with Gasteiger partial charge in [-0.1, -0.05) is 30.3 Å². The van der Waals surface area contributed by atoms with Gasteiger partial charge in [0, 0.05) is 19.0 Å². The van der Waals surface area contributed by atoms with Crippen LogP contribution in [0.15, 0.2) is 30.3 Å². The molecule has 1 heterocycles. The van der Waals surface area contributed by atoms with E-state index in [4.69, 9.17) is 5.73 Å². The maximum absolute atomic E-state index is 5.50. The van der Waals surface area contributed by atoms with Gasteiger partial charge in [0.2, 0.25) is 0 Å². The number of nitrogens with two attached hydrogens (primary N) is 1. The van der Waals surface area contributed by atoms with Crippen molar-refractivity contribution in [2.75, 3.05) is 6.54 Å². The molecule has 0 fully saturated rings. The summed E-state index contributed by atoms with van der Waals surface area (Å²) >= 11 is 0. The van der Waals surface area contributed by atoms with Crippen molar-refractivity contribution in [3.8, 4) is 11.4 Å². The predicted octanol–water partition coefficient (Wildman–Crippen LogP) is 0.983. The van der Waals surface area contributed by atoms with Crippen LogP contribution in [0.3, 0.4) is 0 Å². The molecule has 4 nitrogen and oxygen atoms in total. The molecule has 0 aliphatic carbocycles. The standard InChI is InChI=1S/C11H14N4/c1-15-10(7-8-12)13-11(14-15)9-5-3-2-4-6-9/h2-6H,7-8,12H2,1H3. The summed E-state index contributed by atoms with van der Waals surface area (Å²) in [6.07, 6.45) is 0.760. The minimum absolute atomic E-state index is 0.598. The van der Waals surface area contributed by atoms with E-state index in [1.807, 2.05) is 37.4 Å². The van der Waals surface area contributed by atoms with Gasteiger partial charge in [0.25, 0.3) is 0 Å². The number of hydrogen-bond acceptors (Lipinski definition) is 3. The molecule has 0 amide bonds. The minimum Gasteiger partial charge on any atom is -0.330 e. The van der Waals surface area contributed by atoms with Crippen molar-refractivity contribution in [1.82, 2.24) is 14.8 Å². The van der Waals surface area contributed by atoms with Gasteiger partial charge in [-0.05, 0) is 6.54 Å². The van der Waals surface area contributed by atoms with Gasteiger partial charge in [0.15, 0.2) is 5.82 Å². The molecule has 0 aliphatic heterocycles. The molecule has 0 saturated heterocycles. The third kappa shape index (κ3) is 2.05. The van der Waals surface area contributed by atoms with E-state index >= 15 is 0 Å². The van der Waals surface area contributed by atoms with E-state index in [-0.39, 0.29) is 0 Å². The Kier molecular flexibility index (Phi) is 2.78. The maximum atomic E-state index is 5.50. The van der Waals surface area contributed by atoms with Crippen LogP contribution in [-0.2, 0) is 13.5 Å². The minimum atomic E-state index is 0.598. The van der Waals surface area contributed by atoms with Gasteiger partial charge in [-0.2, -0.15) is 5.10 Å². The lowest BCUT2D eigenvalue weighted by Crippen LogP contribution is -2.08. The average Bonchev–Trinajstić information content (AvgIpc) is 2.63. The Morgan fingerprint density at radius 2 is 2.00 bits per heavy atom. The highest BCUT2D eigenvalue weighted by Gasteiger charge is 2.07.